The lowest BCUT2D eigenvalue weighted by Crippen LogP contribution is -2.16. The number of hydrogen-bond donors (Lipinski definition) is 2. The van der Waals surface area contributed by atoms with E-state index in [1.54, 1.807) is 31.2 Å². The SMILES string of the molecule is CC(=O)Nc1cc(S(=O)(=O)Nc2cccc(C)c2)c(C)cc1C. The number of carbonyl (C=O) groups is 1. The molecule has 0 atom stereocenters. The van der Waals surface area contributed by atoms with E-state index in [9.17, 15) is 13.2 Å². The standard InChI is InChI=1S/C17H20N2O3S/c1-11-6-5-7-15(8-11)19-23(21,22)17-10-16(18-14(4)20)12(2)9-13(17)3/h5-10,19H,1-4H3,(H,18,20). The third-order valence-electron chi connectivity index (χ3n) is 3.39. The van der Waals surface area contributed by atoms with Crippen molar-refractivity contribution in [3.05, 3.63) is 53.1 Å². The first-order chi connectivity index (χ1) is 10.7. The summed E-state index contributed by atoms with van der Waals surface area (Å²) in [6.07, 6.45) is 0. The summed E-state index contributed by atoms with van der Waals surface area (Å²) in [5, 5.41) is 2.65. The molecule has 2 aromatic rings. The zero-order valence-corrected chi connectivity index (χ0v) is 14.4. The summed E-state index contributed by atoms with van der Waals surface area (Å²) in [5.41, 5.74) is 3.40. The van der Waals surface area contributed by atoms with Crippen LogP contribution in [0, 0.1) is 20.8 Å². The van der Waals surface area contributed by atoms with E-state index in [1.807, 2.05) is 19.9 Å². The van der Waals surface area contributed by atoms with E-state index in [0.717, 1.165) is 11.1 Å². The molecule has 0 radical (unpaired) electrons. The van der Waals surface area contributed by atoms with Crippen molar-refractivity contribution in [1.29, 1.82) is 0 Å². The Balaban J connectivity index is 2.44. The van der Waals surface area contributed by atoms with Gasteiger partial charge in [-0.05, 0) is 55.7 Å². The van der Waals surface area contributed by atoms with E-state index < -0.39 is 10.0 Å². The molecular formula is C17H20N2O3S. The van der Waals surface area contributed by atoms with Crippen molar-refractivity contribution in [1.82, 2.24) is 0 Å². The van der Waals surface area contributed by atoms with Crippen molar-refractivity contribution in [2.45, 2.75) is 32.6 Å². The third kappa shape index (κ3) is 4.10. The lowest BCUT2D eigenvalue weighted by atomic mass is 10.1. The predicted molar refractivity (Wildman–Crippen MR) is 92.2 cm³/mol. The Morgan fingerprint density at radius 2 is 1.70 bits per heavy atom. The van der Waals surface area contributed by atoms with Gasteiger partial charge >= 0.3 is 0 Å². The second-order valence-electron chi connectivity index (χ2n) is 5.59. The van der Waals surface area contributed by atoms with Crippen molar-refractivity contribution in [2.75, 3.05) is 10.0 Å². The highest BCUT2D eigenvalue weighted by atomic mass is 32.2. The van der Waals surface area contributed by atoms with Gasteiger partial charge in [0.05, 0.1) is 4.90 Å². The number of carbonyl (C=O) groups excluding carboxylic acids is 1. The molecule has 0 unspecified atom stereocenters. The molecule has 0 bridgehead atoms. The van der Waals surface area contributed by atoms with E-state index in [2.05, 4.69) is 10.0 Å². The highest BCUT2D eigenvalue weighted by Gasteiger charge is 2.19. The minimum absolute atomic E-state index is 0.147. The number of benzene rings is 2. The zero-order chi connectivity index (χ0) is 17.2. The van der Waals surface area contributed by atoms with Gasteiger partial charge < -0.3 is 5.32 Å². The van der Waals surface area contributed by atoms with Crippen LogP contribution in [0.25, 0.3) is 0 Å². The van der Waals surface area contributed by atoms with Gasteiger partial charge in [0, 0.05) is 18.3 Å². The van der Waals surface area contributed by atoms with Gasteiger partial charge in [0.25, 0.3) is 10.0 Å². The summed E-state index contributed by atoms with van der Waals surface area (Å²) < 4.78 is 27.9. The number of anilines is 2. The molecule has 0 fully saturated rings. The second-order valence-corrected chi connectivity index (χ2v) is 7.24. The molecular weight excluding hydrogens is 312 g/mol. The van der Waals surface area contributed by atoms with Crippen LogP contribution in [0.2, 0.25) is 0 Å². The van der Waals surface area contributed by atoms with Crippen LogP contribution in [0.5, 0.6) is 0 Å². The van der Waals surface area contributed by atoms with E-state index in [0.29, 0.717) is 16.9 Å². The largest absolute Gasteiger partial charge is 0.326 e. The van der Waals surface area contributed by atoms with Crippen LogP contribution in [0.1, 0.15) is 23.6 Å². The van der Waals surface area contributed by atoms with Crippen LogP contribution < -0.4 is 10.0 Å². The van der Waals surface area contributed by atoms with Crippen molar-refractivity contribution >= 4 is 27.3 Å². The lowest BCUT2D eigenvalue weighted by Gasteiger charge is -2.14. The molecule has 0 saturated heterocycles. The molecule has 0 aliphatic rings. The van der Waals surface area contributed by atoms with Gasteiger partial charge in [-0.2, -0.15) is 0 Å². The quantitative estimate of drug-likeness (QED) is 0.901. The zero-order valence-electron chi connectivity index (χ0n) is 13.6. The number of hydrogen-bond acceptors (Lipinski definition) is 3. The maximum atomic E-state index is 12.7. The number of nitrogens with one attached hydrogen (secondary N) is 2. The molecule has 0 heterocycles. The molecule has 122 valence electrons. The summed E-state index contributed by atoms with van der Waals surface area (Å²) in [7, 11) is -3.74. The summed E-state index contributed by atoms with van der Waals surface area (Å²) in [6.45, 7) is 6.83. The Labute approximate surface area is 136 Å². The highest BCUT2D eigenvalue weighted by Crippen LogP contribution is 2.26. The van der Waals surface area contributed by atoms with Crippen LogP contribution in [0.4, 0.5) is 11.4 Å². The minimum Gasteiger partial charge on any atom is -0.326 e. The Kier molecular flexibility index (Phi) is 4.75. The number of amides is 1. The van der Waals surface area contributed by atoms with Crippen LogP contribution in [-0.2, 0) is 14.8 Å². The number of aryl methyl sites for hydroxylation is 3. The van der Waals surface area contributed by atoms with Crippen LogP contribution in [0.3, 0.4) is 0 Å². The Morgan fingerprint density at radius 3 is 2.30 bits per heavy atom. The third-order valence-corrected chi connectivity index (χ3v) is 4.92. The molecule has 0 saturated carbocycles. The van der Waals surface area contributed by atoms with Crippen LogP contribution in [0.15, 0.2) is 41.3 Å². The van der Waals surface area contributed by atoms with Crippen molar-refractivity contribution in [3.8, 4) is 0 Å². The molecule has 0 aromatic heterocycles. The molecule has 0 aliphatic heterocycles. The Morgan fingerprint density at radius 1 is 1.00 bits per heavy atom. The first-order valence-corrected chi connectivity index (χ1v) is 8.65. The maximum absolute atomic E-state index is 12.7. The van der Waals surface area contributed by atoms with Gasteiger partial charge in [-0.15, -0.1) is 0 Å². The van der Waals surface area contributed by atoms with Crippen molar-refractivity contribution < 1.29 is 13.2 Å². The number of rotatable bonds is 4. The first kappa shape index (κ1) is 17.0. The van der Waals surface area contributed by atoms with E-state index in [1.165, 1.54) is 13.0 Å². The smallest absolute Gasteiger partial charge is 0.262 e. The summed E-state index contributed by atoms with van der Waals surface area (Å²) in [4.78, 5) is 11.4. The van der Waals surface area contributed by atoms with Gasteiger partial charge in [0.1, 0.15) is 0 Å². The normalized spacial score (nSPS) is 11.1. The van der Waals surface area contributed by atoms with E-state index in [-0.39, 0.29) is 10.8 Å². The Hall–Kier alpha value is -2.34. The topological polar surface area (TPSA) is 75.3 Å². The summed E-state index contributed by atoms with van der Waals surface area (Å²) >= 11 is 0. The van der Waals surface area contributed by atoms with Crippen LogP contribution in [-0.4, -0.2) is 14.3 Å². The van der Waals surface area contributed by atoms with Crippen LogP contribution >= 0.6 is 0 Å². The summed E-state index contributed by atoms with van der Waals surface area (Å²) in [5.74, 6) is -0.244. The molecule has 1 amide bonds. The van der Waals surface area contributed by atoms with Gasteiger partial charge in [-0.1, -0.05) is 18.2 Å². The average Bonchev–Trinajstić information content (AvgIpc) is 2.40. The second kappa shape index (κ2) is 6.42. The molecule has 0 spiro atoms. The monoisotopic (exact) mass is 332 g/mol. The van der Waals surface area contributed by atoms with Gasteiger partial charge in [0.2, 0.25) is 5.91 Å². The van der Waals surface area contributed by atoms with Crippen molar-refractivity contribution in [3.63, 3.8) is 0 Å². The minimum atomic E-state index is -3.74. The van der Waals surface area contributed by atoms with Gasteiger partial charge in [-0.3, -0.25) is 9.52 Å². The molecule has 2 rings (SSSR count). The maximum Gasteiger partial charge on any atom is 0.262 e. The lowest BCUT2D eigenvalue weighted by molar-refractivity contribution is -0.114. The highest BCUT2D eigenvalue weighted by molar-refractivity contribution is 7.92. The first-order valence-electron chi connectivity index (χ1n) is 7.17. The molecule has 0 aliphatic carbocycles. The molecule has 2 aromatic carbocycles. The Bertz CT molecular complexity index is 858. The van der Waals surface area contributed by atoms with E-state index >= 15 is 0 Å². The van der Waals surface area contributed by atoms with Gasteiger partial charge in [-0.25, -0.2) is 8.42 Å². The number of sulfonamides is 1. The molecule has 6 heteroatoms. The molecule has 2 N–H and O–H groups in total. The fourth-order valence-corrected chi connectivity index (χ4v) is 3.67. The van der Waals surface area contributed by atoms with Crippen molar-refractivity contribution in [2.24, 2.45) is 0 Å². The fourth-order valence-electron chi connectivity index (χ4n) is 2.36. The molecule has 5 nitrogen and oxygen atoms in total. The van der Waals surface area contributed by atoms with E-state index in [4.69, 9.17) is 0 Å². The molecule has 23 heavy (non-hydrogen) atoms. The summed E-state index contributed by atoms with van der Waals surface area (Å²) in [6, 6.07) is 10.4. The average molecular weight is 332 g/mol. The fraction of sp³-hybridized carbons (Fsp3) is 0.235. The predicted octanol–water partition coefficient (Wildman–Crippen LogP) is 3.37. The van der Waals surface area contributed by atoms with Gasteiger partial charge in [0.15, 0.2) is 0 Å².